The maximum absolute atomic E-state index is 4.45. The van der Waals surface area contributed by atoms with Gasteiger partial charge in [0, 0.05) is 35.7 Å². The molecular weight excluding hydrogens is 268 g/mol. The molecule has 0 radical (unpaired) electrons. The Kier molecular flexibility index (Phi) is 3.31. The summed E-state index contributed by atoms with van der Waals surface area (Å²) >= 11 is 1.70. The molecule has 0 aliphatic rings. The third-order valence-electron chi connectivity index (χ3n) is 3.01. The van der Waals surface area contributed by atoms with Crippen molar-refractivity contribution in [2.45, 2.75) is 32.9 Å². The molecule has 0 spiro atoms. The summed E-state index contributed by atoms with van der Waals surface area (Å²) in [5.41, 5.74) is 3.26. The second-order valence-corrected chi connectivity index (χ2v) is 6.84. The Morgan fingerprint density at radius 2 is 2.10 bits per heavy atom. The van der Waals surface area contributed by atoms with Gasteiger partial charge in [-0.3, -0.25) is 4.98 Å². The number of imidazole rings is 1. The molecule has 0 atom stereocenters. The highest BCUT2D eigenvalue weighted by atomic mass is 32.1. The van der Waals surface area contributed by atoms with Crippen LogP contribution in [0, 0.1) is 0 Å². The smallest absolute Gasteiger partial charge is 0.139 e. The predicted octanol–water partition coefficient (Wildman–Crippen LogP) is 3.57. The Labute approximate surface area is 122 Å². The maximum Gasteiger partial charge on any atom is 0.139 e. The van der Waals surface area contributed by atoms with Gasteiger partial charge in [0.2, 0.25) is 0 Å². The molecule has 0 unspecified atom stereocenters. The number of hydrogen-bond donors (Lipinski definition) is 2. The average Bonchev–Trinajstić information content (AvgIpc) is 3.03. The number of aromatic nitrogens is 3. The SMILES string of the molecule is CC(C)(C)NCc1cnc(-c2cnc3ccsc3c2)[nH]1. The van der Waals surface area contributed by atoms with E-state index in [1.54, 1.807) is 11.3 Å². The molecule has 3 rings (SSSR count). The average molecular weight is 286 g/mol. The fourth-order valence-corrected chi connectivity index (χ4v) is 2.71. The van der Waals surface area contributed by atoms with E-state index in [-0.39, 0.29) is 5.54 Å². The van der Waals surface area contributed by atoms with Crippen molar-refractivity contribution in [2.75, 3.05) is 0 Å². The zero-order valence-electron chi connectivity index (χ0n) is 11.9. The van der Waals surface area contributed by atoms with Gasteiger partial charge in [0.1, 0.15) is 5.82 Å². The largest absolute Gasteiger partial charge is 0.341 e. The molecule has 0 saturated heterocycles. The molecular formula is C15H18N4S. The van der Waals surface area contributed by atoms with Gasteiger partial charge in [0.15, 0.2) is 0 Å². The summed E-state index contributed by atoms with van der Waals surface area (Å²) in [5.74, 6) is 0.874. The number of pyridine rings is 1. The molecule has 3 heterocycles. The first-order valence-electron chi connectivity index (χ1n) is 6.64. The monoisotopic (exact) mass is 286 g/mol. The van der Waals surface area contributed by atoms with Crippen molar-refractivity contribution < 1.29 is 0 Å². The summed E-state index contributed by atoms with van der Waals surface area (Å²) in [6.45, 7) is 7.24. The first kappa shape index (κ1) is 13.3. The fraction of sp³-hybridized carbons (Fsp3) is 0.333. The number of nitrogens with zero attached hydrogens (tertiary/aromatic N) is 2. The van der Waals surface area contributed by atoms with Gasteiger partial charge < -0.3 is 10.3 Å². The van der Waals surface area contributed by atoms with Gasteiger partial charge in [-0.15, -0.1) is 11.3 Å². The van der Waals surface area contributed by atoms with E-state index in [1.165, 1.54) is 4.70 Å². The normalized spacial score (nSPS) is 12.2. The summed E-state index contributed by atoms with van der Waals surface area (Å²) in [5, 5.41) is 5.50. The Morgan fingerprint density at radius 1 is 1.25 bits per heavy atom. The second-order valence-electron chi connectivity index (χ2n) is 5.89. The Hall–Kier alpha value is -1.72. The summed E-state index contributed by atoms with van der Waals surface area (Å²) < 4.78 is 1.19. The first-order chi connectivity index (χ1) is 9.51. The van der Waals surface area contributed by atoms with Crippen LogP contribution in [0.5, 0.6) is 0 Å². The van der Waals surface area contributed by atoms with E-state index >= 15 is 0 Å². The van der Waals surface area contributed by atoms with Gasteiger partial charge in [0.05, 0.1) is 10.2 Å². The van der Waals surface area contributed by atoms with Crippen LogP contribution < -0.4 is 5.32 Å². The molecule has 4 nitrogen and oxygen atoms in total. The molecule has 0 aliphatic heterocycles. The van der Waals surface area contributed by atoms with Gasteiger partial charge in [-0.25, -0.2) is 4.98 Å². The third-order valence-corrected chi connectivity index (χ3v) is 3.87. The highest BCUT2D eigenvalue weighted by Crippen LogP contribution is 2.24. The van der Waals surface area contributed by atoms with E-state index < -0.39 is 0 Å². The molecule has 5 heteroatoms. The molecule has 0 saturated carbocycles. The lowest BCUT2D eigenvalue weighted by molar-refractivity contribution is 0.422. The molecule has 3 aromatic heterocycles. The highest BCUT2D eigenvalue weighted by molar-refractivity contribution is 7.17. The molecule has 0 amide bonds. The van der Waals surface area contributed by atoms with Gasteiger partial charge >= 0.3 is 0 Å². The van der Waals surface area contributed by atoms with Crippen LogP contribution in [0.25, 0.3) is 21.6 Å². The number of nitrogens with one attached hydrogen (secondary N) is 2. The number of hydrogen-bond acceptors (Lipinski definition) is 4. The summed E-state index contributed by atoms with van der Waals surface area (Å²) in [6, 6.07) is 4.16. The first-order valence-corrected chi connectivity index (χ1v) is 7.52. The topological polar surface area (TPSA) is 53.6 Å². The van der Waals surface area contributed by atoms with Crippen molar-refractivity contribution in [3.8, 4) is 11.4 Å². The van der Waals surface area contributed by atoms with Crippen LogP contribution in [0.1, 0.15) is 26.5 Å². The molecule has 0 fully saturated rings. The van der Waals surface area contributed by atoms with Crippen molar-refractivity contribution in [1.29, 1.82) is 0 Å². The summed E-state index contributed by atoms with van der Waals surface area (Å²) in [6.07, 6.45) is 3.75. The van der Waals surface area contributed by atoms with E-state index in [0.29, 0.717) is 0 Å². The molecule has 3 aromatic rings. The van der Waals surface area contributed by atoms with Gasteiger partial charge in [-0.2, -0.15) is 0 Å². The minimum Gasteiger partial charge on any atom is -0.341 e. The second kappa shape index (κ2) is 5.00. The summed E-state index contributed by atoms with van der Waals surface area (Å²) in [4.78, 5) is 12.2. The van der Waals surface area contributed by atoms with Crippen molar-refractivity contribution >= 4 is 21.6 Å². The van der Waals surface area contributed by atoms with Gasteiger partial charge in [-0.05, 0) is 38.3 Å². The van der Waals surface area contributed by atoms with E-state index in [9.17, 15) is 0 Å². The fourth-order valence-electron chi connectivity index (χ4n) is 1.93. The van der Waals surface area contributed by atoms with Crippen LogP contribution in [0.2, 0.25) is 0 Å². The third kappa shape index (κ3) is 2.89. The van der Waals surface area contributed by atoms with Crippen LogP contribution in [0.4, 0.5) is 0 Å². The lowest BCUT2D eigenvalue weighted by Gasteiger charge is -2.19. The molecule has 20 heavy (non-hydrogen) atoms. The molecule has 2 N–H and O–H groups in total. The Morgan fingerprint density at radius 3 is 2.90 bits per heavy atom. The predicted molar refractivity (Wildman–Crippen MR) is 83.8 cm³/mol. The van der Waals surface area contributed by atoms with Crippen LogP contribution in [0.15, 0.2) is 29.9 Å². The maximum atomic E-state index is 4.45. The zero-order chi connectivity index (χ0) is 14.2. The lowest BCUT2D eigenvalue weighted by atomic mass is 10.1. The quantitative estimate of drug-likeness (QED) is 0.774. The molecule has 0 aliphatic carbocycles. The molecule has 104 valence electrons. The Bertz CT molecular complexity index is 721. The number of H-pyrrole nitrogens is 1. The standard InChI is InChI=1S/C15H18N4S/c1-15(2,3)18-9-11-8-17-14(19-11)10-6-13-12(16-7-10)4-5-20-13/h4-8,18H,9H2,1-3H3,(H,17,19). The minimum atomic E-state index is 0.0999. The van der Waals surface area contributed by atoms with E-state index in [2.05, 4.69) is 52.5 Å². The zero-order valence-corrected chi connectivity index (χ0v) is 12.7. The van der Waals surface area contributed by atoms with Crippen LogP contribution in [-0.2, 0) is 6.54 Å². The van der Waals surface area contributed by atoms with E-state index in [1.807, 2.05) is 18.5 Å². The van der Waals surface area contributed by atoms with Crippen LogP contribution in [-0.4, -0.2) is 20.5 Å². The van der Waals surface area contributed by atoms with Crippen LogP contribution in [0.3, 0.4) is 0 Å². The minimum absolute atomic E-state index is 0.0999. The van der Waals surface area contributed by atoms with Crippen molar-refractivity contribution in [2.24, 2.45) is 0 Å². The number of rotatable bonds is 3. The van der Waals surface area contributed by atoms with Crippen molar-refractivity contribution in [3.05, 3.63) is 35.6 Å². The highest BCUT2D eigenvalue weighted by Gasteiger charge is 2.10. The van der Waals surface area contributed by atoms with Crippen molar-refractivity contribution in [3.63, 3.8) is 0 Å². The summed E-state index contributed by atoms with van der Waals surface area (Å²) in [7, 11) is 0. The molecule has 0 aromatic carbocycles. The number of aromatic amines is 1. The van der Waals surface area contributed by atoms with Gasteiger partial charge in [0.25, 0.3) is 0 Å². The Balaban J connectivity index is 1.82. The van der Waals surface area contributed by atoms with E-state index in [0.717, 1.165) is 29.1 Å². The van der Waals surface area contributed by atoms with Gasteiger partial charge in [-0.1, -0.05) is 0 Å². The lowest BCUT2D eigenvalue weighted by Crippen LogP contribution is -2.35. The van der Waals surface area contributed by atoms with E-state index in [4.69, 9.17) is 0 Å². The number of thiophene rings is 1. The molecule has 0 bridgehead atoms. The van der Waals surface area contributed by atoms with Crippen molar-refractivity contribution in [1.82, 2.24) is 20.3 Å². The number of fused-ring (bicyclic) bond motifs is 1. The van der Waals surface area contributed by atoms with Crippen LogP contribution >= 0.6 is 11.3 Å².